The van der Waals surface area contributed by atoms with Crippen molar-refractivity contribution < 1.29 is 24.2 Å². The Labute approximate surface area is 227 Å². The number of hydrogen-bond acceptors (Lipinski definition) is 7. The Balaban J connectivity index is 1.56. The lowest BCUT2D eigenvalue weighted by molar-refractivity contribution is -0.140. The molecule has 0 spiro atoms. The number of aromatic nitrogens is 2. The summed E-state index contributed by atoms with van der Waals surface area (Å²) in [5.74, 6) is -1.02. The van der Waals surface area contributed by atoms with Crippen LogP contribution in [-0.2, 0) is 14.3 Å². The van der Waals surface area contributed by atoms with E-state index in [9.17, 15) is 14.7 Å². The molecule has 1 amide bonds. The first-order chi connectivity index (χ1) is 19.0. The summed E-state index contributed by atoms with van der Waals surface area (Å²) in [7, 11) is 0. The molecule has 9 heteroatoms. The second-order valence-corrected chi connectivity index (χ2v) is 9.51. The highest BCUT2D eigenvalue weighted by Crippen LogP contribution is 2.40. The lowest BCUT2D eigenvalue weighted by Gasteiger charge is -2.31. The average Bonchev–Trinajstić information content (AvgIpc) is 3.48. The highest BCUT2D eigenvalue weighted by molar-refractivity contribution is 6.46. The fourth-order valence-electron chi connectivity index (χ4n) is 5.08. The summed E-state index contributed by atoms with van der Waals surface area (Å²) < 4.78 is 12.9. The van der Waals surface area contributed by atoms with Crippen molar-refractivity contribution in [2.24, 2.45) is 0 Å². The number of benzene rings is 2. The fourth-order valence-corrected chi connectivity index (χ4v) is 5.08. The molecule has 2 aliphatic heterocycles. The van der Waals surface area contributed by atoms with Gasteiger partial charge in [-0.1, -0.05) is 43.0 Å². The topological polar surface area (TPSA) is 97.1 Å². The van der Waals surface area contributed by atoms with Gasteiger partial charge in [0.25, 0.3) is 11.7 Å². The van der Waals surface area contributed by atoms with Crippen LogP contribution in [0.4, 0.5) is 0 Å². The molecule has 1 N–H and O–H groups in total. The quantitative estimate of drug-likeness (QED) is 0.197. The number of para-hydroxylation sites is 1. The first-order valence-electron chi connectivity index (χ1n) is 13.0. The number of carbonyl (C=O) groups excluding carboxylic acids is 2. The number of ether oxygens (including phenoxy) is 2. The standard InChI is InChI=1S/C30H32N4O5/c1-3-16-39-24-11-7-8-22(19-24)27-26(29(36)30(37)33(27)13-12-32-14-17-38-18-15-32)28(35)25-20-31-34(21(25)2)23-9-5-4-6-10-23/h3-11,19-20,27,35H,1,12-18H2,2H3/b28-26+. The number of carbonyl (C=O) groups is 2. The summed E-state index contributed by atoms with van der Waals surface area (Å²) in [4.78, 5) is 30.6. The molecule has 0 bridgehead atoms. The van der Waals surface area contributed by atoms with E-state index in [2.05, 4.69) is 16.6 Å². The molecule has 1 atom stereocenters. The van der Waals surface area contributed by atoms with Gasteiger partial charge in [0.15, 0.2) is 0 Å². The second kappa shape index (κ2) is 11.7. The van der Waals surface area contributed by atoms with Crippen LogP contribution in [0.1, 0.15) is 22.9 Å². The molecule has 0 radical (unpaired) electrons. The molecule has 2 saturated heterocycles. The molecule has 2 aliphatic rings. The molecule has 9 nitrogen and oxygen atoms in total. The van der Waals surface area contributed by atoms with Gasteiger partial charge in [-0.25, -0.2) is 4.68 Å². The summed E-state index contributed by atoms with van der Waals surface area (Å²) in [5.41, 5.74) is 2.59. The Hall–Kier alpha value is -4.21. The maximum atomic E-state index is 13.5. The zero-order chi connectivity index (χ0) is 27.4. The zero-order valence-corrected chi connectivity index (χ0v) is 22.0. The fraction of sp³-hybridized carbons (Fsp3) is 0.300. The minimum Gasteiger partial charge on any atom is -0.507 e. The minimum atomic E-state index is -0.780. The smallest absolute Gasteiger partial charge is 0.295 e. The molecule has 3 heterocycles. The third kappa shape index (κ3) is 5.36. The average molecular weight is 529 g/mol. The SMILES string of the molecule is C=CCOc1cccc(C2/C(=C(\O)c3cnn(-c4ccccc4)c3C)C(=O)C(=O)N2CCN2CCOCC2)c1. The van der Waals surface area contributed by atoms with E-state index in [4.69, 9.17) is 9.47 Å². The van der Waals surface area contributed by atoms with Crippen LogP contribution in [-0.4, -0.2) is 82.4 Å². The number of aliphatic hydroxyl groups is 1. The number of rotatable bonds is 9. The van der Waals surface area contributed by atoms with E-state index >= 15 is 0 Å². The number of likely N-dealkylation sites (tertiary alicyclic amines) is 1. The van der Waals surface area contributed by atoms with Gasteiger partial charge in [0.2, 0.25) is 0 Å². The Morgan fingerprint density at radius 3 is 2.64 bits per heavy atom. The van der Waals surface area contributed by atoms with E-state index in [1.165, 1.54) is 6.20 Å². The molecule has 39 heavy (non-hydrogen) atoms. The summed E-state index contributed by atoms with van der Waals surface area (Å²) >= 11 is 0. The molecule has 2 fully saturated rings. The van der Waals surface area contributed by atoms with Gasteiger partial charge in [0.05, 0.1) is 48.0 Å². The summed E-state index contributed by atoms with van der Waals surface area (Å²) in [6.07, 6.45) is 3.17. The molecule has 2 aromatic carbocycles. The van der Waals surface area contributed by atoms with Gasteiger partial charge in [-0.15, -0.1) is 0 Å². The molecule has 1 unspecified atom stereocenters. The van der Waals surface area contributed by atoms with Crippen molar-refractivity contribution in [3.8, 4) is 11.4 Å². The van der Waals surface area contributed by atoms with Crippen molar-refractivity contribution in [1.82, 2.24) is 19.6 Å². The molecule has 202 valence electrons. The van der Waals surface area contributed by atoms with E-state index in [1.54, 1.807) is 27.8 Å². The van der Waals surface area contributed by atoms with Gasteiger partial charge in [-0.2, -0.15) is 5.10 Å². The van der Waals surface area contributed by atoms with Crippen LogP contribution >= 0.6 is 0 Å². The van der Waals surface area contributed by atoms with Crippen molar-refractivity contribution in [2.75, 3.05) is 46.0 Å². The molecule has 3 aromatic rings. The summed E-state index contributed by atoms with van der Waals surface area (Å²) in [5, 5.41) is 16.0. The number of hydrogen-bond donors (Lipinski definition) is 1. The molecule has 0 saturated carbocycles. The van der Waals surface area contributed by atoms with Crippen LogP contribution in [0.15, 0.2) is 79.0 Å². The molecule has 5 rings (SSSR count). The zero-order valence-electron chi connectivity index (χ0n) is 22.0. The molecule has 1 aromatic heterocycles. The van der Waals surface area contributed by atoms with Crippen LogP contribution in [0.3, 0.4) is 0 Å². The van der Waals surface area contributed by atoms with Crippen LogP contribution in [0.5, 0.6) is 5.75 Å². The first-order valence-corrected chi connectivity index (χ1v) is 13.0. The van der Waals surface area contributed by atoms with Crippen LogP contribution in [0.2, 0.25) is 0 Å². The third-order valence-corrected chi connectivity index (χ3v) is 7.11. The van der Waals surface area contributed by atoms with Crippen molar-refractivity contribution in [2.45, 2.75) is 13.0 Å². The highest BCUT2D eigenvalue weighted by atomic mass is 16.5. The van der Waals surface area contributed by atoms with Crippen molar-refractivity contribution in [3.05, 3.63) is 95.8 Å². The predicted octanol–water partition coefficient (Wildman–Crippen LogP) is 3.50. The molecule has 0 aliphatic carbocycles. The number of aliphatic hydroxyl groups excluding tert-OH is 1. The Kier molecular flexibility index (Phi) is 7.90. The van der Waals surface area contributed by atoms with Crippen molar-refractivity contribution >= 4 is 17.4 Å². The van der Waals surface area contributed by atoms with E-state index in [-0.39, 0.29) is 11.3 Å². The Morgan fingerprint density at radius 1 is 1.13 bits per heavy atom. The predicted molar refractivity (Wildman–Crippen MR) is 147 cm³/mol. The van der Waals surface area contributed by atoms with Crippen molar-refractivity contribution in [3.63, 3.8) is 0 Å². The van der Waals surface area contributed by atoms with Gasteiger partial charge in [0, 0.05) is 26.2 Å². The van der Waals surface area contributed by atoms with Crippen LogP contribution in [0.25, 0.3) is 11.4 Å². The van der Waals surface area contributed by atoms with Crippen LogP contribution in [0, 0.1) is 6.92 Å². The van der Waals surface area contributed by atoms with Gasteiger partial charge in [-0.3, -0.25) is 14.5 Å². The number of Topliss-reactive ketones (excluding diaryl/α,β-unsaturated/α-hetero) is 1. The van der Waals surface area contributed by atoms with Gasteiger partial charge < -0.3 is 19.5 Å². The van der Waals surface area contributed by atoms with Gasteiger partial charge >= 0.3 is 0 Å². The van der Waals surface area contributed by atoms with Gasteiger partial charge in [0.1, 0.15) is 18.1 Å². The van der Waals surface area contributed by atoms with Gasteiger partial charge in [-0.05, 0) is 36.8 Å². The van der Waals surface area contributed by atoms with Crippen LogP contribution < -0.4 is 4.74 Å². The number of nitrogens with zero attached hydrogens (tertiary/aromatic N) is 4. The van der Waals surface area contributed by atoms with E-state index in [0.717, 1.165) is 18.8 Å². The largest absolute Gasteiger partial charge is 0.507 e. The van der Waals surface area contributed by atoms with E-state index in [0.29, 0.717) is 55.5 Å². The number of amides is 1. The number of morpholine rings is 1. The Morgan fingerprint density at radius 2 is 1.90 bits per heavy atom. The third-order valence-electron chi connectivity index (χ3n) is 7.11. The summed E-state index contributed by atoms with van der Waals surface area (Å²) in [6, 6.07) is 16.0. The lowest BCUT2D eigenvalue weighted by atomic mass is 9.95. The number of ketones is 1. The monoisotopic (exact) mass is 528 g/mol. The molecular weight excluding hydrogens is 496 g/mol. The first kappa shape index (κ1) is 26.4. The highest BCUT2D eigenvalue weighted by Gasteiger charge is 2.46. The van der Waals surface area contributed by atoms with E-state index in [1.807, 2.05) is 49.4 Å². The normalized spacial score (nSPS) is 19.4. The maximum Gasteiger partial charge on any atom is 0.295 e. The lowest BCUT2D eigenvalue weighted by Crippen LogP contribution is -2.42. The second-order valence-electron chi connectivity index (χ2n) is 9.51. The maximum absolute atomic E-state index is 13.5. The van der Waals surface area contributed by atoms with Crippen molar-refractivity contribution in [1.29, 1.82) is 0 Å². The molecular formula is C30H32N4O5. The minimum absolute atomic E-state index is 0.0403. The summed E-state index contributed by atoms with van der Waals surface area (Å²) in [6.45, 7) is 9.54. The van der Waals surface area contributed by atoms with E-state index < -0.39 is 17.7 Å². The Bertz CT molecular complexity index is 1390.